The second-order valence-electron chi connectivity index (χ2n) is 4.37. The average Bonchev–Trinajstić information content (AvgIpc) is 2.81. The van der Waals surface area contributed by atoms with Crippen molar-refractivity contribution in [3.8, 4) is 0 Å². The summed E-state index contributed by atoms with van der Waals surface area (Å²) in [5.74, 6) is -0.446. The fraction of sp³-hybridized carbons (Fsp3) is 0.333. The third-order valence-electron chi connectivity index (χ3n) is 2.94. The number of nitrogens with zero attached hydrogens (tertiary/aromatic N) is 1. The van der Waals surface area contributed by atoms with Crippen LogP contribution in [0.15, 0.2) is 18.2 Å². The van der Waals surface area contributed by atoms with Crippen molar-refractivity contribution in [1.82, 2.24) is 15.5 Å². The molecular weight excluding hydrogens is 280 g/mol. The maximum atomic E-state index is 12.0. The van der Waals surface area contributed by atoms with E-state index < -0.39 is 15.7 Å². The molecule has 1 aromatic carbocycles. The number of nitrogens with one attached hydrogen (secondary N) is 2. The highest BCUT2D eigenvalue weighted by molar-refractivity contribution is 7.91. The lowest BCUT2D eigenvalue weighted by Crippen LogP contribution is -2.30. The van der Waals surface area contributed by atoms with Crippen molar-refractivity contribution < 1.29 is 13.2 Å². The maximum Gasteiger partial charge on any atom is 0.272 e. The first-order valence-corrected chi connectivity index (χ1v) is 7.97. The van der Waals surface area contributed by atoms with Gasteiger partial charge < -0.3 is 11.1 Å². The van der Waals surface area contributed by atoms with Crippen LogP contribution >= 0.6 is 0 Å². The SMILES string of the molecule is CCS(=O)(=O)CCNC(=O)c1n[nH]c2ccc(N)cc12. The molecule has 0 aliphatic heterocycles. The Morgan fingerprint density at radius 2 is 2.20 bits per heavy atom. The number of amides is 1. The minimum atomic E-state index is -3.10. The number of aromatic amines is 1. The topological polar surface area (TPSA) is 118 Å². The number of nitrogen functional groups attached to an aromatic ring is 1. The molecule has 0 fully saturated rings. The van der Waals surface area contributed by atoms with Crippen molar-refractivity contribution in [3.63, 3.8) is 0 Å². The van der Waals surface area contributed by atoms with Crippen LogP contribution in [0.25, 0.3) is 10.9 Å². The van der Waals surface area contributed by atoms with E-state index in [1.165, 1.54) is 0 Å². The monoisotopic (exact) mass is 296 g/mol. The van der Waals surface area contributed by atoms with Crippen LogP contribution in [0.5, 0.6) is 0 Å². The number of H-pyrrole nitrogens is 1. The summed E-state index contributed by atoms with van der Waals surface area (Å²) in [6.45, 7) is 1.63. The van der Waals surface area contributed by atoms with Gasteiger partial charge in [-0.15, -0.1) is 0 Å². The first-order valence-electron chi connectivity index (χ1n) is 6.15. The number of benzene rings is 1. The van der Waals surface area contributed by atoms with Gasteiger partial charge in [0.2, 0.25) is 0 Å². The summed E-state index contributed by atoms with van der Waals surface area (Å²) in [7, 11) is -3.10. The van der Waals surface area contributed by atoms with Crippen LogP contribution in [0.1, 0.15) is 17.4 Å². The molecule has 0 saturated heterocycles. The van der Waals surface area contributed by atoms with E-state index in [1.807, 2.05) is 0 Å². The van der Waals surface area contributed by atoms with Crippen LogP contribution in [0.3, 0.4) is 0 Å². The van der Waals surface area contributed by atoms with Crippen LogP contribution in [0.2, 0.25) is 0 Å². The zero-order valence-electron chi connectivity index (χ0n) is 11.0. The Labute approximate surface area is 116 Å². The quantitative estimate of drug-likeness (QED) is 0.686. The normalized spacial score (nSPS) is 11.7. The van der Waals surface area contributed by atoms with E-state index in [9.17, 15) is 13.2 Å². The Morgan fingerprint density at radius 1 is 1.45 bits per heavy atom. The van der Waals surface area contributed by atoms with Gasteiger partial charge in [-0.2, -0.15) is 5.10 Å². The lowest BCUT2D eigenvalue weighted by molar-refractivity contribution is 0.0952. The Balaban J connectivity index is 2.10. The molecule has 0 bridgehead atoms. The van der Waals surface area contributed by atoms with Crippen molar-refractivity contribution in [2.24, 2.45) is 0 Å². The van der Waals surface area contributed by atoms with Crippen molar-refractivity contribution in [3.05, 3.63) is 23.9 Å². The third kappa shape index (κ3) is 3.08. The largest absolute Gasteiger partial charge is 0.399 e. The fourth-order valence-electron chi connectivity index (χ4n) is 1.75. The number of carbonyl (C=O) groups excluding carboxylic acids is 1. The number of hydrogen-bond donors (Lipinski definition) is 3. The van der Waals surface area contributed by atoms with Gasteiger partial charge in [0.15, 0.2) is 15.5 Å². The molecule has 2 rings (SSSR count). The number of nitrogens with two attached hydrogens (primary N) is 1. The van der Waals surface area contributed by atoms with Crippen LogP contribution in [-0.4, -0.2) is 42.6 Å². The van der Waals surface area contributed by atoms with E-state index in [1.54, 1.807) is 25.1 Å². The summed E-state index contributed by atoms with van der Waals surface area (Å²) in [5, 5.41) is 9.82. The number of hydrogen-bond acceptors (Lipinski definition) is 5. The Hall–Kier alpha value is -2.09. The molecule has 0 aliphatic carbocycles. The van der Waals surface area contributed by atoms with E-state index in [2.05, 4.69) is 15.5 Å². The highest BCUT2D eigenvalue weighted by atomic mass is 32.2. The Kier molecular flexibility index (Phi) is 3.93. The number of fused-ring (bicyclic) bond motifs is 1. The zero-order chi connectivity index (χ0) is 14.8. The molecular formula is C12H16N4O3S. The lowest BCUT2D eigenvalue weighted by Gasteiger charge is -2.03. The average molecular weight is 296 g/mol. The minimum absolute atomic E-state index is 0.0603. The predicted molar refractivity (Wildman–Crippen MR) is 77.2 cm³/mol. The van der Waals surface area contributed by atoms with E-state index in [0.717, 1.165) is 0 Å². The van der Waals surface area contributed by atoms with E-state index in [-0.39, 0.29) is 23.7 Å². The number of anilines is 1. The Morgan fingerprint density at radius 3 is 2.90 bits per heavy atom. The molecule has 0 unspecified atom stereocenters. The highest BCUT2D eigenvalue weighted by Gasteiger charge is 2.15. The van der Waals surface area contributed by atoms with Gasteiger partial charge in [0.1, 0.15) is 0 Å². The van der Waals surface area contributed by atoms with Gasteiger partial charge in [-0.05, 0) is 18.2 Å². The molecule has 20 heavy (non-hydrogen) atoms. The summed E-state index contributed by atoms with van der Waals surface area (Å²) in [5.41, 5.74) is 7.11. The fourth-order valence-corrected chi connectivity index (χ4v) is 2.45. The smallest absolute Gasteiger partial charge is 0.272 e. The van der Waals surface area contributed by atoms with Crippen LogP contribution in [0, 0.1) is 0 Å². The van der Waals surface area contributed by atoms with E-state index >= 15 is 0 Å². The minimum Gasteiger partial charge on any atom is -0.399 e. The molecule has 0 spiro atoms. The molecule has 108 valence electrons. The van der Waals surface area contributed by atoms with Crippen molar-refractivity contribution >= 4 is 32.3 Å². The summed E-state index contributed by atoms with van der Waals surface area (Å²) < 4.78 is 22.7. The molecule has 1 heterocycles. The molecule has 0 radical (unpaired) electrons. The molecule has 1 aromatic heterocycles. The van der Waals surface area contributed by atoms with Gasteiger partial charge in [0.25, 0.3) is 5.91 Å². The summed E-state index contributed by atoms with van der Waals surface area (Å²) in [6, 6.07) is 5.09. The first kappa shape index (κ1) is 14.3. The molecule has 4 N–H and O–H groups in total. The van der Waals surface area contributed by atoms with Gasteiger partial charge in [-0.25, -0.2) is 8.42 Å². The van der Waals surface area contributed by atoms with Gasteiger partial charge in [-0.3, -0.25) is 9.89 Å². The molecule has 1 amide bonds. The zero-order valence-corrected chi connectivity index (χ0v) is 11.8. The number of aromatic nitrogens is 2. The van der Waals surface area contributed by atoms with Crippen molar-refractivity contribution in [2.75, 3.05) is 23.8 Å². The Bertz CT molecular complexity index is 736. The van der Waals surface area contributed by atoms with Gasteiger partial charge >= 0.3 is 0 Å². The number of rotatable bonds is 5. The third-order valence-corrected chi connectivity index (χ3v) is 4.65. The van der Waals surface area contributed by atoms with Crippen LogP contribution < -0.4 is 11.1 Å². The molecule has 2 aromatic rings. The highest BCUT2D eigenvalue weighted by Crippen LogP contribution is 2.18. The molecule has 8 heteroatoms. The summed E-state index contributed by atoms with van der Waals surface area (Å²) in [6.07, 6.45) is 0. The van der Waals surface area contributed by atoms with E-state index in [4.69, 9.17) is 5.73 Å². The maximum absolute atomic E-state index is 12.0. The molecule has 0 aliphatic rings. The summed E-state index contributed by atoms with van der Waals surface area (Å²) >= 11 is 0. The standard InChI is InChI=1S/C12H16N4O3S/c1-2-20(18,19)6-5-14-12(17)11-9-7-8(13)3-4-10(9)15-16-11/h3-4,7H,2,5-6,13H2,1H3,(H,14,17)(H,15,16). The van der Waals surface area contributed by atoms with Crippen molar-refractivity contribution in [1.29, 1.82) is 0 Å². The molecule has 0 atom stereocenters. The number of sulfone groups is 1. The first-order chi connectivity index (χ1) is 9.43. The van der Waals surface area contributed by atoms with Crippen LogP contribution in [0.4, 0.5) is 5.69 Å². The molecule has 0 saturated carbocycles. The second kappa shape index (κ2) is 5.49. The number of carbonyl (C=O) groups is 1. The lowest BCUT2D eigenvalue weighted by atomic mass is 10.2. The van der Waals surface area contributed by atoms with Crippen LogP contribution in [-0.2, 0) is 9.84 Å². The van der Waals surface area contributed by atoms with Crippen molar-refractivity contribution in [2.45, 2.75) is 6.92 Å². The van der Waals surface area contributed by atoms with Gasteiger partial charge in [0, 0.05) is 23.4 Å². The van der Waals surface area contributed by atoms with Gasteiger partial charge in [-0.1, -0.05) is 6.92 Å². The predicted octanol–water partition coefficient (Wildman–Crippen LogP) is 0.310. The second-order valence-corrected chi connectivity index (χ2v) is 6.84. The summed E-state index contributed by atoms with van der Waals surface area (Å²) in [4.78, 5) is 12.0. The van der Waals surface area contributed by atoms with Gasteiger partial charge in [0.05, 0.1) is 11.3 Å². The molecule has 7 nitrogen and oxygen atoms in total. The van der Waals surface area contributed by atoms with E-state index in [0.29, 0.717) is 16.6 Å².